The summed E-state index contributed by atoms with van der Waals surface area (Å²) in [5.74, 6) is 0.269. The van der Waals surface area contributed by atoms with E-state index < -0.39 is 0 Å². The number of carbonyl (C=O) groups excluding carboxylic acids is 1. The van der Waals surface area contributed by atoms with Crippen LogP contribution in [0.5, 0.6) is 5.75 Å². The fourth-order valence-electron chi connectivity index (χ4n) is 2.65. The van der Waals surface area contributed by atoms with Gasteiger partial charge in [-0.15, -0.1) is 0 Å². The van der Waals surface area contributed by atoms with Crippen molar-refractivity contribution in [3.05, 3.63) is 81.9 Å². The van der Waals surface area contributed by atoms with Crippen molar-refractivity contribution < 1.29 is 9.53 Å². The van der Waals surface area contributed by atoms with Crippen molar-refractivity contribution in [1.29, 1.82) is 0 Å². The predicted octanol–water partition coefficient (Wildman–Crippen LogP) is 5.59. The number of hydrogen-bond donors (Lipinski definition) is 0. The Kier molecular flexibility index (Phi) is 4.76. The molecular formula is C20H15IO2. The van der Waals surface area contributed by atoms with Crippen molar-refractivity contribution in [3.63, 3.8) is 0 Å². The van der Waals surface area contributed by atoms with E-state index in [1.165, 1.54) is 6.92 Å². The third-order valence-corrected chi connectivity index (χ3v) is 4.23. The summed E-state index contributed by atoms with van der Waals surface area (Å²) in [6, 6.07) is 22.1. The molecule has 23 heavy (non-hydrogen) atoms. The quantitative estimate of drug-likeness (QED) is 0.317. The second-order valence-electron chi connectivity index (χ2n) is 5.14. The highest BCUT2D eigenvalue weighted by Crippen LogP contribution is 2.37. The molecule has 0 atom stereocenters. The zero-order valence-electron chi connectivity index (χ0n) is 12.6. The van der Waals surface area contributed by atoms with Crippen molar-refractivity contribution >= 4 is 44.9 Å². The molecule has 0 heterocycles. The number of rotatable bonds is 3. The maximum absolute atomic E-state index is 11.5. The number of carbonyl (C=O) groups is 1. The van der Waals surface area contributed by atoms with Crippen LogP contribution in [0.15, 0.2) is 70.8 Å². The minimum atomic E-state index is -0.317. The molecule has 3 aromatic rings. The highest BCUT2D eigenvalue weighted by Gasteiger charge is 2.16. The van der Waals surface area contributed by atoms with Crippen LogP contribution in [-0.2, 0) is 4.79 Å². The highest BCUT2D eigenvalue weighted by atomic mass is 127. The molecule has 3 rings (SSSR count). The van der Waals surface area contributed by atoms with Gasteiger partial charge in [0.1, 0.15) is 5.75 Å². The molecule has 3 aromatic carbocycles. The monoisotopic (exact) mass is 414 g/mol. The van der Waals surface area contributed by atoms with Crippen molar-refractivity contribution in [2.24, 2.45) is 0 Å². The van der Waals surface area contributed by atoms with Gasteiger partial charge in [0.15, 0.2) is 0 Å². The van der Waals surface area contributed by atoms with Gasteiger partial charge in [-0.05, 0) is 32.1 Å². The average molecular weight is 414 g/mol. The summed E-state index contributed by atoms with van der Waals surface area (Å²) in [7, 11) is 0. The molecule has 0 aliphatic rings. The van der Waals surface area contributed by atoms with Gasteiger partial charge < -0.3 is 4.74 Å². The van der Waals surface area contributed by atoms with E-state index in [0.717, 1.165) is 27.5 Å². The number of fused-ring (bicyclic) bond motifs is 1. The van der Waals surface area contributed by atoms with Crippen molar-refractivity contribution in [3.8, 4) is 5.75 Å². The molecule has 3 heteroatoms. The average Bonchev–Trinajstić information content (AvgIpc) is 2.57. The first kappa shape index (κ1) is 15.7. The Morgan fingerprint density at radius 3 is 2.35 bits per heavy atom. The molecule has 2 nitrogen and oxygen atoms in total. The molecule has 0 fully saturated rings. The van der Waals surface area contributed by atoms with Crippen LogP contribution in [0.4, 0.5) is 0 Å². The first-order valence-electron chi connectivity index (χ1n) is 7.27. The van der Waals surface area contributed by atoms with Crippen LogP contribution in [0.3, 0.4) is 0 Å². The van der Waals surface area contributed by atoms with Gasteiger partial charge in [-0.2, -0.15) is 0 Å². The smallest absolute Gasteiger partial charge is 0.308 e. The van der Waals surface area contributed by atoms with E-state index in [1.807, 2.05) is 46.5 Å². The minimum absolute atomic E-state index is 0.317. The van der Waals surface area contributed by atoms with Crippen LogP contribution < -0.4 is 4.74 Å². The van der Waals surface area contributed by atoms with Gasteiger partial charge in [0.05, 0.1) is 0 Å². The standard InChI is InChI=1S/C20H15IO2/c1-14(22)23-19-12-11-16-9-5-6-10-17(16)20(19)18(13-21)15-7-3-2-4-8-15/h2-13H,1H3/b18-13-. The first-order valence-corrected chi connectivity index (χ1v) is 8.51. The summed E-state index contributed by atoms with van der Waals surface area (Å²) in [4.78, 5) is 11.5. The van der Waals surface area contributed by atoms with Crippen LogP contribution in [0.2, 0.25) is 0 Å². The van der Waals surface area contributed by atoms with Gasteiger partial charge in [0.25, 0.3) is 0 Å². The molecule has 0 aliphatic heterocycles. The summed E-state index contributed by atoms with van der Waals surface area (Å²) in [5, 5.41) is 2.18. The molecule has 114 valence electrons. The van der Waals surface area contributed by atoms with Gasteiger partial charge in [-0.3, -0.25) is 4.79 Å². The molecule has 0 bridgehead atoms. The van der Waals surface area contributed by atoms with E-state index >= 15 is 0 Å². The van der Waals surface area contributed by atoms with Gasteiger partial charge in [-0.25, -0.2) is 0 Å². The van der Waals surface area contributed by atoms with E-state index in [2.05, 4.69) is 46.9 Å². The maximum Gasteiger partial charge on any atom is 0.308 e. The molecule has 0 radical (unpaired) electrons. The number of hydrogen-bond acceptors (Lipinski definition) is 2. The molecule has 0 aromatic heterocycles. The number of halogens is 1. The Bertz CT molecular complexity index is 883. The van der Waals surface area contributed by atoms with E-state index in [1.54, 1.807) is 0 Å². The van der Waals surface area contributed by atoms with Crippen molar-refractivity contribution in [2.75, 3.05) is 0 Å². The largest absolute Gasteiger partial charge is 0.426 e. The van der Waals surface area contributed by atoms with E-state index in [-0.39, 0.29) is 5.97 Å². The minimum Gasteiger partial charge on any atom is -0.426 e. The zero-order valence-corrected chi connectivity index (χ0v) is 14.8. The summed E-state index contributed by atoms with van der Waals surface area (Å²) >= 11 is 2.24. The third-order valence-electron chi connectivity index (χ3n) is 3.61. The Morgan fingerprint density at radius 2 is 1.65 bits per heavy atom. The molecule has 0 saturated carbocycles. The fraction of sp³-hybridized carbons (Fsp3) is 0.0500. The number of ether oxygens (including phenoxy) is 1. The van der Waals surface area contributed by atoms with E-state index in [0.29, 0.717) is 5.75 Å². The van der Waals surface area contributed by atoms with Gasteiger partial charge in [-0.1, -0.05) is 83.3 Å². The summed E-state index contributed by atoms with van der Waals surface area (Å²) in [6.07, 6.45) is 0. The van der Waals surface area contributed by atoms with Gasteiger partial charge >= 0.3 is 5.97 Å². The normalized spacial score (nSPS) is 11.5. The van der Waals surface area contributed by atoms with Crippen molar-refractivity contribution in [2.45, 2.75) is 6.92 Å². The molecule has 0 spiro atoms. The lowest BCUT2D eigenvalue weighted by molar-refractivity contribution is -0.131. The topological polar surface area (TPSA) is 26.3 Å². The van der Waals surface area contributed by atoms with E-state index in [4.69, 9.17) is 4.74 Å². The van der Waals surface area contributed by atoms with E-state index in [9.17, 15) is 4.79 Å². The highest BCUT2D eigenvalue weighted by molar-refractivity contribution is 14.1. The van der Waals surface area contributed by atoms with Crippen LogP contribution in [0.25, 0.3) is 16.3 Å². The van der Waals surface area contributed by atoms with Gasteiger partial charge in [0, 0.05) is 12.5 Å². The Hall–Kier alpha value is -2.14. The Balaban J connectivity index is 2.30. The molecule has 0 N–H and O–H groups in total. The lowest BCUT2D eigenvalue weighted by Gasteiger charge is -2.15. The second-order valence-corrected chi connectivity index (χ2v) is 5.77. The van der Waals surface area contributed by atoms with Gasteiger partial charge in [0.2, 0.25) is 0 Å². The van der Waals surface area contributed by atoms with Crippen molar-refractivity contribution in [1.82, 2.24) is 0 Å². The Morgan fingerprint density at radius 1 is 0.957 bits per heavy atom. The fourth-order valence-corrected chi connectivity index (χ4v) is 3.32. The molecule has 0 aliphatic carbocycles. The molecule has 0 saturated heterocycles. The molecule has 0 amide bonds. The first-order chi connectivity index (χ1) is 11.2. The number of esters is 1. The lowest BCUT2D eigenvalue weighted by atomic mass is 9.93. The number of benzene rings is 3. The SMILES string of the molecule is CC(=O)Oc1ccc2ccccc2c1/C(=C\I)c1ccccc1. The summed E-state index contributed by atoms with van der Waals surface area (Å²) in [5.41, 5.74) is 3.07. The zero-order chi connectivity index (χ0) is 16.2. The third kappa shape index (κ3) is 3.29. The van der Waals surface area contributed by atoms with Crippen LogP contribution in [0.1, 0.15) is 18.1 Å². The van der Waals surface area contributed by atoms with Crippen LogP contribution in [0, 0.1) is 0 Å². The maximum atomic E-state index is 11.5. The van der Waals surface area contributed by atoms with Crippen LogP contribution in [-0.4, -0.2) is 5.97 Å². The summed E-state index contributed by atoms with van der Waals surface area (Å²) < 4.78 is 7.50. The predicted molar refractivity (Wildman–Crippen MR) is 103 cm³/mol. The lowest BCUT2D eigenvalue weighted by Crippen LogP contribution is -2.04. The Labute approximate surface area is 148 Å². The van der Waals surface area contributed by atoms with Crippen LogP contribution >= 0.6 is 22.6 Å². The second kappa shape index (κ2) is 6.96. The molecular weight excluding hydrogens is 399 g/mol. The summed E-state index contributed by atoms with van der Waals surface area (Å²) in [6.45, 7) is 1.43. The molecule has 0 unspecified atom stereocenters.